The number of unbranched alkanes of at least 4 members (excludes halogenated alkanes) is 2. The molecule has 0 unspecified atom stereocenters. The average molecular weight is 260 g/mol. The SMILES string of the molecule is O=c1c(Br)cccn1CCCCCO. The minimum atomic E-state index is 0.0106. The Labute approximate surface area is 91.5 Å². The van der Waals surface area contributed by atoms with Gasteiger partial charge in [0, 0.05) is 19.3 Å². The van der Waals surface area contributed by atoms with Crippen LogP contribution in [-0.2, 0) is 6.54 Å². The number of hydrogen-bond donors (Lipinski definition) is 1. The van der Waals surface area contributed by atoms with Gasteiger partial charge >= 0.3 is 0 Å². The molecule has 4 heteroatoms. The number of aliphatic hydroxyl groups is 1. The molecule has 0 amide bonds. The molecule has 1 N–H and O–H groups in total. The average Bonchev–Trinajstić information content (AvgIpc) is 2.19. The van der Waals surface area contributed by atoms with Crippen LogP contribution in [0.25, 0.3) is 0 Å². The quantitative estimate of drug-likeness (QED) is 0.820. The highest BCUT2D eigenvalue weighted by atomic mass is 79.9. The summed E-state index contributed by atoms with van der Waals surface area (Å²) >= 11 is 3.20. The first kappa shape index (κ1) is 11.5. The second-order valence-electron chi connectivity index (χ2n) is 3.14. The molecule has 0 aliphatic heterocycles. The molecule has 1 heterocycles. The van der Waals surface area contributed by atoms with Gasteiger partial charge in [-0.2, -0.15) is 0 Å². The number of aliphatic hydroxyl groups excluding tert-OH is 1. The third-order valence-corrected chi connectivity index (χ3v) is 2.63. The molecule has 0 aliphatic carbocycles. The summed E-state index contributed by atoms with van der Waals surface area (Å²) in [4.78, 5) is 11.5. The van der Waals surface area contributed by atoms with Gasteiger partial charge in [-0.25, -0.2) is 0 Å². The van der Waals surface area contributed by atoms with E-state index in [1.54, 1.807) is 16.8 Å². The summed E-state index contributed by atoms with van der Waals surface area (Å²) in [6, 6.07) is 3.59. The van der Waals surface area contributed by atoms with Crippen LogP contribution < -0.4 is 5.56 Å². The monoisotopic (exact) mass is 259 g/mol. The highest BCUT2D eigenvalue weighted by Gasteiger charge is 1.98. The molecule has 1 aromatic heterocycles. The van der Waals surface area contributed by atoms with Crippen LogP contribution in [0.15, 0.2) is 27.6 Å². The summed E-state index contributed by atoms with van der Waals surface area (Å²) in [5.41, 5.74) is 0.0106. The molecule has 0 aromatic carbocycles. The zero-order valence-corrected chi connectivity index (χ0v) is 9.53. The smallest absolute Gasteiger partial charge is 0.264 e. The molecule has 0 atom stereocenters. The molecule has 0 aliphatic rings. The molecular weight excluding hydrogens is 246 g/mol. The molecule has 0 fully saturated rings. The van der Waals surface area contributed by atoms with Gasteiger partial charge < -0.3 is 9.67 Å². The van der Waals surface area contributed by atoms with Gasteiger partial charge in [0.1, 0.15) is 0 Å². The van der Waals surface area contributed by atoms with Crippen LogP contribution in [0.1, 0.15) is 19.3 Å². The molecule has 0 bridgehead atoms. The molecule has 78 valence electrons. The van der Waals surface area contributed by atoms with Crippen molar-refractivity contribution in [1.82, 2.24) is 4.57 Å². The van der Waals surface area contributed by atoms with E-state index in [0.717, 1.165) is 25.8 Å². The minimum absolute atomic E-state index is 0.0106. The van der Waals surface area contributed by atoms with Crippen LogP contribution in [-0.4, -0.2) is 16.3 Å². The van der Waals surface area contributed by atoms with E-state index in [1.807, 2.05) is 6.07 Å². The van der Waals surface area contributed by atoms with Crippen molar-refractivity contribution in [2.24, 2.45) is 0 Å². The van der Waals surface area contributed by atoms with E-state index in [-0.39, 0.29) is 12.2 Å². The van der Waals surface area contributed by atoms with E-state index in [2.05, 4.69) is 15.9 Å². The molecule has 0 spiro atoms. The Morgan fingerprint density at radius 1 is 1.36 bits per heavy atom. The summed E-state index contributed by atoms with van der Waals surface area (Å²) in [6.45, 7) is 0.950. The lowest BCUT2D eigenvalue weighted by molar-refractivity contribution is 0.281. The summed E-state index contributed by atoms with van der Waals surface area (Å²) < 4.78 is 2.28. The Bertz CT molecular complexity index is 335. The largest absolute Gasteiger partial charge is 0.396 e. The summed E-state index contributed by atoms with van der Waals surface area (Å²) in [7, 11) is 0. The minimum Gasteiger partial charge on any atom is -0.396 e. The number of aryl methyl sites for hydroxylation is 1. The first-order valence-electron chi connectivity index (χ1n) is 4.71. The Kier molecular flexibility index (Phi) is 4.90. The van der Waals surface area contributed by atoms with E-state index in [9.17, 15) is 4.79 Å². The lowest BCUT2D eigenvalue weighted by Gasteiger charge is -2.04. The Balaban J connectivity index is 2.51. The van der Waals surface area contributed by atoms with E-state index in [4.69, 9.17) is 5.11 Å². The van der Waals surface area contributed by atoms with E-state index in [1.165, 1.54) is 0 Å². The normalized spacial score (nSPS) is 10.4. The second kappa shape index (κ2) is 5.98. The summed E-state index contributed by atoms with van der Waals surface area (Å²) in [6.07, 6.45) is 4.47. The fourth-order valence-electron chi connectivity index (χ4n) is 1.25. The molecule has 0 saturated heterocycles. The maximum atomic E-state index is 11.5. The highest BCUT2D eigenvalue weighted by molar-refractivity contribution is 9.10. The first-order valence-corrected chi connectivity index (χ1v) is 5.51. The topological polar surface area (TPSA) is 42.2 Å². The first-order chi connectivity index (χ1) is 6.75. The Morgan fingerprint density at radius 3 is 2.86 bits per heavy atom. The standard InChI is InChI=1S/C10H14BrNO2/c11-9-5-4-7-12(10(9)14)6-2-1-3-8-13/h4-5,7,13H,1-3,6,8H2. The Morgan fingerprint density at radius 2 is 2.14 bits per heavy atom. The third-order valence-electron chi connectivity index (χ3n) is 2.03. The van der Waals surface area contributed by atoms with Gasteiger partial charge in [0.2, 0.25) is 0 Å². The van der Waals surface area contributed by atoms with Gasteiger partial charge in [-0.3, -0.25) is 4.79 Å². The maximum absolute atomic E-state index is 11.5. The van der Waals surface area contributed by atoms with Crippen LogP contribution in [0.4, 0.5) is 0 Å². The molecule has 0 radical (unpaired) electrons. The summed E-state index contributed by atoms with van der Waals surface area (Å²) in [5.74, 6) is 0. The van der Waals surface area contributed by atoms with Crippen molar-refractivity contribution in [3.63, 3.8) is 0 Å². The van der Waals surface area contributed by atoms with Crippen molar-refractivity contribution in [3.05, 3.63) is 33.2 Å². The van der Waals surface area contributed by atoms with Crippen LogP contribution >= 0.6 is 15.9 Å². The molecular formula is C10H14BrNO2. The van der Waals surface area contributed by atoms with E-state index in [0.29, 0.717) is 4.47 Å². The van der Waals surface area contributed by atoms with Gasteiger partial charge in [0.05, 0.1) is 4.47 Å². The second-order valence-corrected chi connectivity index (χ2v) is 3.99. The molecule has 14 heavy (non-hydrogen) atoms. The fourth-order valence-corrected chi connectivity index (χ4v) is 1.63. The summed E-state index contributed by atoms with van der Waals surface area (Å²) in [5, 5.41) is 8.59. The highest BCUT2D eigenvalue weighted by Crippen LogP contribution is 2.02. The molecule has 1 aromatic rings. The van der Waals surface area contributed by atoms with Crippen molar-refractivity contribution in [2.45, 2.75) is 25.8 Å². The van der Waals surface area contributed by atoms with Gasteiger partial charge in [0.25, 0.3) is 5.56 Å². The maximum Gasteiger partial charge on any atom is 0.264 e. The number of aromatic nitrogens is 1. The van der Waals surface area contributed by atoms with Crippen molar-refractivity contribution >= 4 is 15.9 Å². The van der Waals surface area contributed by atoms with Crippen LogP contribution in [0.2, 0.25) is 0 Å². The zero-order valence-electron chi connectivity index (χ0n) is 7.95. The van der Waals surface area contributed by atoms with Gasteiger partial charge in [-0.1, -0.05) is 0 Å². The van der Waals surface area contributed by atoms with Crippen molar-refractivity contribution in [2.75, 3.05) is 6.61 Å². The van der Waals surface area contributed by atoms with Crippen molar-refractivity contribution < 1.29 is 5.11 Å². The number of nitrogens with zero attached hydrogens (tertiary/aromatic N) is 1. The van der Waals surface area contributed by atoms with Gasteiger partial charge in [-0.05, 0) is 47.3 Å². The molecule has 3 nitrogen and oxygen atoms in total. The van der Waals surface area contributed by atoms with E-state index >= 15 is 0 Å². The number of rotatable bonds is 5. The van der Waals surface area contributed by atoms with Gasteiger partial charge in [0.15, 0.2) is 0 Å². The Hall–Kier alpha value is -0.610. The zero-order chi connectivity index (χ0) is 10.4. The number of hydrogen-bond acceptors (Lipinski definition) is 2. The molecule has 1 rings (SSSR count). The van der Waals surface area contributed by atoms with Crippen molar-refractivity contribution in [3.8, 4) is 0 Å². The number of halogens is 1. The van der Waals surface area contributed by atoms with Crippen LogP contribution in [0.3, 0.4) is 0 Å². The third kappa shape index (κ3) is 3.27. The lowest BCUT2D eigenvalue weighted by atomic mass is 10.2. The molecule has 0 saturated carbocycles. The predicted molar refractivity (Wildman–Crippen MR) is 59.3 cm³/mol. The fraction of sp³-hybridized carbons (Fsp3) is 0.500. The number of pyridine rings is 1. The predicted octanol–water partition coefficient (Wildman–Crippen LogP) is 1.77. The van der Waals surface area contributed by atoms with E-state index < -0.39 is 0 Å². The lowest BCUT2D eigenvalue weighted by Crippen LogP contribution is -2.19. The van der Waals surface area contributed by atoms with Crippen LogP contribution in [0.5, 0.6) is 0 Å². The van der Waals surface area contributed by atoms with Crippen molar-refractivity contribution in [1.29, 1.82) is 0 Å². The van der Waals surface area contributed by atoms with Gasteiger partial charge in [-0.15, -0.1) is 0 Å². The van der Waals surface area contributed by atoms with Crippen LogP contribution in [0, 0.1) is 0 Å².